The molecule has 0 radical (unpaired) electrons. The number of unbranched alkanes of at least 4 members (excludes halogenated alkanes) is 1. The summed E-state index contributed by atoms with van der Waals surface area (Å²) >= 11 is 0. The number of carbonyl (C=O) groups excluding carboxylic acids is 1. The number of aryl methyl sites for hydroxylation is 2. The highest BCUT2D eigenvalue weighted by Crippen LogP contribution is 2.24. The molecule has 3 N–H and O–H groups in total. The number of hydrogen-bond donors (Lipinski definition) is 2. The number of nitrogens with one attached hydrogen (secondary N) is 1. The molecule has 2 rings (SSSR count). The maximum Gasteiger partial charge on any atom is 0.224 e. The van der Waals surface area contributed by atoms with Gasteiger partial charge >= 0.3 is 0 Å². The molecule has 4 nitrogen and oxygen atoms in total. The van der Waals surface area contributed by atoms with Crippen LogP contribution >= 0.6 is 12.4 Å². The highest BCUT2D eigenvalue weighted by molar-refractivity contribution is 5.94. The smallest absolute Gasteiger partial charge is 0.224 e. The van der Waals surface area contributed by atoms with Crippen LogP contribution in [0.1, 0.15) is 30.4 Å². The predicted octanol–water partition coefficient (Wildman–Crippen LogP) is 4.36. The number of amides is 1. The number of hydrogen-bond acceptors (Lipinski definition) is 3. The van der Waals surface area contributed by atoms with Gasteiger partial charge in [0.05, 0.1) is 18.5 Å². The maximum absolute atomic E-state index is 12.0. The number of methoxy groups -OCH3 is 1. The zero-order valence-corrected chi connectivity index (χ0v) is 15.0. The van der Waals surface area contributed by atoms with Gasteiger partial charge in [0.25, 0.3) is 0 Å². The molecule has 0 unspecified atom stereocenters. The third-order valence-electron chi connectivity index (χ3n) is 3.77. The van der Waals surface area contributed by atoms with E-state index < -0.39 is 0 Å². The average Bonchev–Trinajstić information content (AvgIpc) is 2.55. The van der Waals surface area contributed by atoms with Crippen LogP contribution in [-0.2, 0) is 11.2 Å². The first-order chi connectivity index (χ1) is 11.1. The van der Waals surface area contributed by atoms with Gasteiger partial charge in [-0.25, -0.2) is 0 Å². The molecule has 24 heavy (non-hydrogen) atoms. The molecule has 0 fully saturated rings. The van der Waals surface area contributed by atoms with Crippen molar-refractivity contribution in [2.45, 2.75) is 32.6 Å². The van der Waals surface area contributed by atoms with Crippen LogP contribution in [0.5, 0.6) is 5.75 Å². The van der Waals surface area contributed by atoms with Gasteiger partial charge in [0, 0.05) is 12.5 Å². The number of nitrogens with two attached hydrogens (primary N) is 1. The number of benzene rings is 2. The minimum Gasteiger partial charge on any atom is -0.497 e. The van der Waals surface area contributed by atoms with Crippen LogP contribution in [0.15, 0.2) is 42.5 Å². The zero-order valence-electron chi connectivity index (χ0n) is 14.2. The van der Waals surface area contributed by atoms with E-state index in [0.717, 1.165) is 19.3 Å². The molecule has 0 aliphatic heterocycles. The lowest BCUT2D eigenvalue weighted by molar-refractivity contribution is -0.116. The maximum atomic E-state index is 12.0. The number of nitrogen functional groups attached to an aromatic ring is 1. The van der Waals surface area contributed by atoms with E-state index in [4.69, 9.17) is 10.5 Å². The van der Waals surface area contributed by atoms with Gasteiger partial charge in [-0.2, -0.15) is 0 Å². The van der Waals surface area contributed by atoms with E-state index in [1.807, 2.05) is 0 Å². The van der Waals surface area contributed by atoms with E-state index in [1.165, 1.54) is 11.1 Å². The van der Waals surface area contributed by atoms with Gasteiger partial charge in [-0.1, -0.05) is 29.8 Å². The molecule has 0 aliphatic carbocycles. The summed E-state index contributed by atoms with van der Waals surface area (Å²) in [7, 11) is 1.59. The Morgan fingerprint density at radius 2 is 1.83 bits per heavy atom. The first-order valence-corrected chi connectivity index (χ1v) is 7.87. The van der Waals surface area contributed by atoms with Crippen molar-refractivity contribution in [1.29, 1.82) is 0 Å². The molecule has 0 aromatic heterocycles. The highest BCUT2D eigenvalue weighted by atomic mass is 35.5. The number of halogens is 1. The second-order valence-electron chi connectivity index (χ2n) is 5.69. The summed E-state index contributed by atoms with van der Waals surface area (Å²) in [5.74, 6) is 0.655. The SMILES string of the molecule is COc1ccc(N)c(NC(=O)CCCCc2ccc(C)cc2)c1.Cl. The minimum absolute atomic E-state index is 0. The molecule has 0 saturated heterocycles. The average molecular weight is 349 g/mol. The van der Waals surface area contributed by atoms with Gasteiger partial charge in [0.2, 0.25) is 5.91 Å². The number of ether oxygens (including phenoxy) is 1. The third-order valence-corrected chi connectivity index (χ3v) is 3.77. The van der Waals surface area contributed by atoms with Crippen LogP contribution in [-0.4, -0.2) is 13.0 Å². The Balaban J connectivity index is 0.00000288. The van der Waals surface area contributed by atoms with Crippen LogP contribution in [0.3, 0.4) is 0 Å². The third kappa shape index (κ3) is 6.13. The van der Waals surface area contributed by atoms with Crippen molar-refractivity contribution in [3.63, 3.8) is 0 Å². The Hall–Kier alpha value is -2.20. The van der Waals surface area contributed by atoms with Crippen molar-refractivity contribution in [2.24, 2.45) is 0 Å². The molecule has 0 bridgehead atoms. The fourth-order valence-corrected chi connectivity index (χ4v) is 2.35. The summed E-state index contributed by atoms with van der Waals surface area (Å²) in [6, 6.07) is 13.8. The summed E-state index contributed by atoms with van der Waals surface area (Å²) in [4.78, 5) is 12.0. The van der Waals surface area contributed by atoms with Crippen LogP contribution in [0.2, 0.25) is 0 Å². The molecule has 0 saturated carbocycles. The van der Waals surface area contributed by atoms with Crippen molar-refractivity contribution in [1.82, 2.24) is 0 Å². The fraction of sp³-hybridized carbons (Fsp3) is 0.316. The molecule has 1 amide bonds. The summed E-state index contributed by atoms with van der Waals surface area (Å²) in [6.07, 6.45) is 3.32. The van der Waals surface area contributed by atoms with Crippen LogP contribution in [0.25, 0.3) is 0 Å². The predicted molar refractivity (Wildman–Crippen MR) is 102 cm³/mol. The Kier molecular flexibility index (Phi) is 8.13. The first-order valence-electron chi connectivity index (χ1n) is 7.87. The normalized spacial score (nSPS) is 9.92. The Bertz CT molecular complexity index is 657. The molecular weight excluding hydrogens is 324 g/mol. The van der Waals surface area contributed by atoms with Crippen molar-refractivity contribution in [2.75, 3.05) is 18.2 Å². The van der Waals surface area contributed by atoms with Gasteiger partial charge in [-0.05, 0) is 43.9 Å². The molecule has 0 atom stereocenters. The van der Waals surface area contributed by atoms with Crippen molar-refractivity contribution < 1.29 is 9.53 Å². The van der Waals surface area contributed by atoms with Gasteiger partial charge in [-0.3, -0.25) is 4.79 Å². The number of anilines is 2. The summed E-state index contributed by atoms with van der Waals surface area (Å²) < 4.78 is 5.14. The minimum atomic E-state index is -0.0196. The molecule has 0 spiro atoms. The molecule has 130 valence electrons. The summed E-state index contributed by atoms with van der Waals surface area (Å²) in [6.45, 7) is 2.08. The van der Waals surface area contributed by atoms with E-state index >= 15 is 0 Å². The fourth-order valence-electron chi connectivity index (χ4n) is 2.35. The Morgan fingerprint density at radius 1 is 1.12 bits per heavy atom. The lowest BCUT2D eigenvalue weighted by Crippen LogP contribution is -2.12. The van der Waals surface area contributed by atoms with Crippen LogP contribution in [0.4, 0.5) is 11.4 Å². The first kappa shape index (κ1) is 19.8. The number of carbonyl (C=O) groups is 1. The lowest BCUT2D eigenvalue weighted by Gasteiger charge is -2.10. The molecule has 0 aliphatic rings. The molecule has 2 aromatic rings. The summed E-state index contributed by atoms with van der Waals surface area (Å²) in [5.41, 5.74) is 9.59. The molecular formula is C19H25ClN2O2. The van der Waals surface area contributed by atoms with Crippen molar-refractivity contribution >= 4 is 29.7 Å². The van der Waals surface area contributed by atoms with E-state index in [0.29, 0.717) is 23.5 Å². The lowest BCUT2D eigenvalue weighted by atomic mass is 10.1. The highest BCUT2D eigenvalue weighted by Gasteiger charge is 2.06. The van der Waals surface area contributed by atoms with Crippen LogP contribution in [0, 0.1) is 6.92 Å². The van der Waals surface area contributed by atoms with Gasteiger partial charge < -0.3 is 15.8 Å². The van der Waals surface area contributed by atoms with Gasteiger partial charge in [0.15, 0.2) is 0 Å². The second-order valence-corrected chi connectivity index (χ2v) is 5.69. The quantitative estimate of drug-likeness (QED) is 0.577. The summed E-state index contributed by atoms with van der Waals surface area (Å²) in [5, 5.41) is 2.85. The standard InChI is InChI=1S/C19H24N2O2.ClH/c1-14-7-9-15(10-8-14)5-3-4-6-19(22)21-18-13-16(23-2)11-12-17(18)20;/h7-13H,3-6,20H2,1-2H3,(H,21,22);1H. The van der Waals surface area contributed by atoms with Crippen molar-refractivity contribution in [3.05, 3.63) is 53.6 Å². The molecule has 5 heteroatoms. The van der Waals surface area contributed by atoms with Crippen LogP contribution < -0.4 is 15.8 Å². The Labute approximate surface area is 149 Å². The largest absolute Gasteiger partial charge is 0.497 e. The Morgan fingerprint density at radius 3 is 2.50 bits per heavy atom. The second kappa shape index (κ2) is 9.83. The van der Waals surface area contributed by atoms with E-state index in [2.05, 4.69) is 36.5 Å². The zero-order chi connectivity index (χ0) is 16.7. The molecule has 2 aromatic carbocycles. The van der Waals surface area contributed by atoms with Crippen molar-refractivity contribution in [3.8, 4) is 5.75 Å². The monoisotopic (exact) mass is 348 g/mol. The van der Waals surface area contributed by atoms with Gasteiger partial charge in [-0.15, -0.1) is 12.4 Å². The number of rotatable bonds is 7. The van der Waals surface area contributed by atoms with E-state index in [-0.39, 0.29) is 18.3 Å². The van der Waals surface area contributed by atoms with E-state index in [1.54, 1.807) is 25.3 Å². The van der Waals surface area contributed by atoms with E-state index in [9.17, 15) is 4.79 Å². The topological polar surface area (TPSA) is 64.3 Å². The van der Waals surface area contributed by atoms with Gasteiger partial charge in [0.1, 0.15) is 5.75 Å². The molecule has 0 heterocycles.